The number of aromatic amines is 1. The van der Waals surface area contributed by atoms with Crippen LogP contribution in [-0.2, 0) is 5.41 Å². The Morgan fingerprint density at radius 1 is 1.33 bits per heavy atom. The fourth-order valence-electron chi connectivity index (χ4n) is 3.86. The minimum absolute atomic E-state index is 0.0293. The number of nitrogens with two attached hydrogens (primary N) is 1. The number of rotatable bonds is 2. The summed E-state index contributed by atoms with van der Waals surface area (Å²) in [5.41, 5.74) is 7.96. The fraction of sp³-hybridized carbons (Fsp3) is 0.412. The van der Waals surface area contributed by atoms with E-state index in [0.29, 0.717) is 15.9 Å². The Morgan fingerprint density at radius 2 is 1.96 bits per heavy atom. The summed E-state index contributed by atoms with van der Waals surface area (Å²) in [6, 6.07) is 7.69. The predicted octanol–water partition coefficient (Wildman–Crippen LogP) is 3.78. The van der Waals surface area contributed by atoms with Crippen molar-refractivity contribution in [1.82, 2.24) is 10.2 Å². The molecule has 0 bridgehead atoms. The minimum Gasteiger partial charge on any atom is -0.456 e. The van der Waals surface area contributed by atoms with Crippen molar-refractivity contribution < 1.29 is 4.74 Å². The van der Waals surface area contributed by atoms with Gasteiger partial charge in [-0.05, 0) is 36.6 Å². The molecule has 7 heteroatoms. The number of aryl methyl sites for hydroxylation is 1. The molecule has 2 heterocycles. The Balaban J connectivity index is 2.43. The molecule has 1 aliphatic rings. The molecule has 5 nitrogen and oxygen atoms in total. The number of ether oxygens (including phenoxy) is 1. The van der Waals surface area contributed by atoms with Crippen molar-refractivity contribution in [2.45, 2.75) is 32.4 Å². The molecule has 0 saturated heterocycles. The second kappa shape index (κ2) is 5.96. The van der Waals surface area contributed by atoms with Gasteiger partial charge in [-0.15, -0.1) is 5.10 Å². The lowest BCUT2D eigenvalue weighted by molar-refractivity contribution is 0.0736. The fourth-order valence-corrected chi connectivity index (χ4v) is 4.39. The van der Waals surface area contributed by atoms with Crippen LogP contribution in [0.2, 0.25) is 10.0 Å². The Kier molecular flexibility index (Phi) is 4.25. The highest BCUT2D eigenvalue weighted by Crippen LogP contribution is 2.53. The van der Waals surface area contributed by atoms with Crippen molar-refractivity contribution >= 4 is 23.2 Å². The number of H-pyrrole nitrogens is 1. The van der Waals surface area contributed by atoms with Gasteiger partial charge >= 0.3 is 0 Å². The summed E-state index contributed by atoms with van der Waals surface area (Å²) in [5, 5.41) is 18.1. The lowest BCUT2D eigenvalue weighted by Crippen LogP contribution is -2.54. The van der Waals surface area contributed by atoms with Gasteiger partial charge in [0, 0.05) is 21.3 Å². The lowest BCUT2D eigenvalue weighted by atomic mass is 9.58. The molecule has 0 spiro atoms. The Hall–Kier alpha value is -1.74. The lowest BCUT2D eigenvalue weighted by Gasteiger charge is -2.46. The molecule has 1 aromatic heterocycles. The maximum atomic E-state index is 9.89. The molecule has 0 radical (unpaired) electrons. The van der Waals surface area contributed by atoms with Crippen LogP contribution in [0.4, 0.5) is 0 Å². The highest BCUT2D eigenvalue weighted by atomic mass is 35.5. The first-order valence-electron chi connectivity index (χ1n) is 7.66. The van der Waals surface area contributed by atoms with E-state index < -0.39 is 17.6 Å². The number of benzene rings is 1. The highest BCUT2D eigenvalue weighted by molar-refractivity contribution is 6.34. The van der Waals surface area contributed by atoms with Crippen molar-refractivity contribution in [2.75, 3.05) is 0 Å². The van der Waals surface area contributed by atoms with Crippen LogP contribution >= 0.6 is 23.2 Å². The third-order valence-corrected chi connectivity index (χ3v) is 5.22. The smallest absolute Gasteiger partial charge is 0.238 e. The van der Waals surface area contributed by atoms with Gasteiger partial charge in [0.2, 0.25) is 5.88 Å². The van der Waals surface area contributed by atoms with Crippen LogP contribution in [0.3, 0.4) is 0 Å². The zero-order chi connectivity index (χ0) is 17.6. The Bertz CT molecular complexity index is 806. The number of nitriles is 1. The van der Waals surface area contributed by atoms with E-state index in [1.54, 1.807) is 6.07 Å². The van der Waals surface area contributed by atoms with Crippen molar-refractivity contribution in [3.05, 3.63) is 45.1 Å². The molecule has 3 atom stereocenters. The molecule has 0 aliphatic carbocycles. The summed E-state index contributed by atoms with van der Waals surface area (Å²) in [6.45, 7) is 6.00. The molecule has 0 amide bonds. The molecular weight excluding hydrogens is 347 g/mol. The van der Waals surface area contributed by atoms with E-state index in [9.17, 15) is 5.26 Å². The maximum Gasteiger partial charge on any atom is 0.238 e. The van der Waals surface area contributed by atoms with Gasteiger partial charge in [0.05, 0.1) is 11.5 Å². The molecule has 2 aromatic rings. The first kappa shape index (κ1) is 17.1. The zero-order valence-electron chi connectivity index (χ0n) is 13.6. The van der Waals surface area contributed by atoms with Gasteiger partial charge in [0.1, 0.15) is 5.92 Å². The first-order valence-corrected chi connectivity index (χ1v) is 8.41. The standard InChI is InChI=1S/C17H18Cl2N4O/c1-8(2)17(10-4-11(18)6-12(19)5-10)13(7-20)15(21)24-16-14(17)9(3)22-23-16/h4-6,8,13,15H,21H2,1-3H3,(H,22,23). The maximum absolute atomic E-state index is 9.89. The highest BCUT2D eigenvalue weighted by Gasteiger charge is 2.55. The number of nitrogens with zero attached hydrogens (tertiary/aromatic N) is 2. The van der Waals surface area contributed by atoms with Gasteiger partial charge in [-0.3, -0.25) is 10.8 Å². The summed E-state index contributed by atoms with van der Waals surface area (Å²) in [7, 11) is 0. The zero-order valence-corrected chi connectivity index (χ0v) is 15.1. The van der Waals surface area contributed by atoms with Crippen LogP contribution in [0.1, 0.15) is 30.7 Å². The second-order valence-electron chi connectivity index (χ2n) is 6.40. The molecule has 0 fully saturated rings. The average molecular weight is 365 g/mol. The predicted molar refractivity (Wildman–Crippen MR) is 93.1 cm³/mol. The first-order chi connectivity index (χ1) is 11.3. The Labute approximate surface area is 150 Å². The molecule has 24 heavy (non-hydrogen) atoms. The van der Waals surface area contributed by atoms with Gasteiger partial charge in [-0.2, -0.15) is 5.26 Å². The van der Waals surface area contributed by atoms with E-state index in [-0.39, 0.29) is 5.92 Å². The third kappa shape index (κ3) is 2.29. The molecule has 3 N–H and O–H groups in total. The number of nitrogens with one attached hydrogen (secondary N) is 1. The SMILES string of the molecule is Cc1[nH]nc2c1C(c1cc(Cl)cc(Cl)c1)(C(C)C)C(C#N)C(N)O2. The summed E-state index contributed by atoms with van der Waals surface area (Å²) in [4.78, 5) is 0. The van der Waals surface area contributed by atoms with E-state index >= 15 is 0 Å². The number of hydrogen-bond acceptors (Lipinski definition) is 4. The van der Waals surface area contributed by atoms with Gasteiger partial charge < -0.3 is 4.74 Å². The van der Waals surface area contributed by atoms with Crippen LogP contribution in [0, 0.1) is 30.1 Å². The van der Waals surface area contributed by atoms with Crippen LogP contribution in [0.5, 0.6) is 5.88 Å². The molecule has 3 rings (SSSR count). The van der Waals surface area contributed by atoms with Crippen molar-refractivity contribution in [3.63, 3.8) is 0 Å². The monoisotopic (exact) mass is 364 g/mol. The molecule has 0 saturated carbocycles. The average Bonchev–Trinajstić information content (AvgIpc) is 2.85. The largest absolute Gasteiger partial charge is 0.456 e. The van der Waals surface area contributed by atoms with Crippen LogP contribution in [-0.4, -0.2) is 16.4 Å². The van der Waals surface area contributed by atoms with Gasteiger partial charge in [0.15, 0.2) is 6.23 Å². The van der Waals surface area contributed by atoms with Crippen molar-refractivity contribution in [1.29, 1.82) is 5.26 Å². The number of fused-ring (bicyclic) bond motifs is 1. The van der Waals surface area contributed by atoms with Crippen LogP contribution in [0.15, 0.2) is 18.2 Å². The van der Waals surface area contributed by atoms with E-state index in [2.05, 4.69) is 16.3 Å². The van der Waals surface area contributed by atoms with Crippen molar-refractivity contribution in [2.24, 2.45) is 17.6 Å². The van der Waals surface area contributed by atoms with Gasteiger partial charge in [-0.1, -0.05) is 37.0 Å². The third-order valence-electron chi connectivity index (χ3n) is 4.78. The quantitative estimate of drug-likeness (QED) is 0.848. The number of hydrogen-bond donors (Lipinski definition) is 2. The van der Waals surface area contributed by atoms with E-state index in [1.807, 2.05) is 32.9 Å². The van der Waals surface area contributed by atoms with E-state index in [0.717, 1.165) is 16.8 Å². The van der Waals surface area contributed by atoms with Crippen LogP contribution in [0.25, 0.3) is 0 Å². The Morgan fingerprint density at radius 3 is 2.50 bits per heavy atom. The van der Waals surface area contributed by atoms with Crippen molar-refractivity contribution in [3.8, 4) is 11.9 Å². The molecule has 1 aliphatic heterocycles. The van der Waals surface area contributed by atoms with Crippen LogP contribution < -0.4 is 10.5 Å². The molecule has 3 unspecified atom stereocenters. The minimum atomic E-state index is -0.801. The summed E-state index contributed by atoms with van der Waals surface area (Å²) >= 11 is 12.5. The van der Waals surface area contributed by atoms with E-state index in [4.69, 9.17) is 33.7 Å². The second-order valence-corrected chi connectivity index (χ2v) is 7.27. The summed E-state index contributed by atoms with van der Waals surface area (Å²) in [6.07, 6.45) is -0.801. The van der Waals surface area contributed by atoms with Gasteiger partial charge in [0.25, 0.3) is 0 Å². The summed E-state index contributed by atoms with van der Waals surface area (Å²) in [5.74, 6) is -0.159. The number of halogens is 2. The summed E-state index contributed by atoms with van der Waals surface area (Å²) < 4.78 is 5.69. The molecule has 126 valence electrons. The molecular formula is C17H18Cl2N4O. The molecule has 1 aromatic carbocycles. The normalized spacial score (nSPS) is 25.9. The van der Waals surface area contributed by atoms with Gasteiger partial charge in [-0.25, -0.2) is 0 Å². The topological polar surface area (TPSA) is 87.7 Å². The van der Waals surface area contributed by atoms with E-state index in [1.165, 1.54) is 0 Å². The number of aromatic nitrogens is 2.